The fraction of sp³-hybridized carbons (Fsp3) is 0.429. The molecule has 0 aromatic heterocycles. The van der Waals surface area contributed by atoms with E-state index >= 15 is 0 Å². The van der Waals surface area contributed by atoms with E-state index in [-0.39, 0.29) is 37.9 Å². The average molecular weight is 899 g/mol. The number of carbonyl (C=O) groups excluding carboxylic acids is 6. The van der Waals surface area contributed by atoms with Crippen molar-refractivity contribution in [2.45, 2.75) is 83.9 Å². The lowest BCUT2D eigenvalue weighted by Gasteiger charge is -2.25. The van der Waals surface area contributed by atoms with Gasteiger partial charge in [0.15, 0.2) is 6.61 Å². The van der Waals surface area contributed by atoms with Crippen LogP contribution in [0.1, 0.15) is 74.9 Å². The Labute approximate surface area is 348 Å². The van der Waals surface area contributed by atoms with Crippen molar-refractivity contribution in [1.29, 1.82) is 0 Å². The van der Waals surface area contributed by atoms with Crippen LogP contribution >= 0.6 is 22.6 Å². The number of carbonyl (C=O) groups is 6. The zero-order chi connectivity index (χ0) is 41.6. The molecule has 0 aliphatic heterocycles. The van der Waals surface area contributed by atoms with Crippen molar-refractivity contribution in [3.63, 3.8) is 0 Å². The number of benzene rings is 3. The van der Waals surface area contributed by atoms with E-state index in [1.807, 2.05) is 43.3 Å². The molecule has 0 radical (unpaired) electrons. The van der Waals surface area contributed by atoms with E-state index in [1.165, 1.54) is 0 Å². The van der Waals surface area contributed by atoms with Crippen molar-refractivity contribution < 1.29 is 38.2 Å². The number of hydrogen-bond donors (Lipinski definition) is 6. The van der Waals surface area contributed by atoms with Gasteiger partial charge in [-0.05, 0) is 111 Å². The number of rotatable bonds is 22. The van der Waals surface area contributed by atoms with Crippen molar-refractivity contribution in [2.75, 3.05) is 32.8 Å². The van der Waals surface area contributed by atoms with Crippen LogP contribution in [0.3, 0.4) is 0 Å². The van der Waals surface area contributed by atoms with Gasteiger partial charge in [0.2, 0.25) is 11.8 Å². The van der Waals surface area contributed by atoms with Crippen LogP contribution in [0.5, 0.6) is 5.75 Å². The Kier molecular flexibility index (Phi) is 19.8. The molecule has 0 bridgehead atoms. The normalized spacial score (nSPS) is 11.9. The van der Waals surface area contributed by atoms with Crippen LogP contribution in [0, 0.1) is 3.57 Å². The van der Waals surface area contributed by atoms with Crippen LogP contribution in [0.2, 0.25) is 0 Å². The smallest absolute Gasteiger partial charge is 0.329 e. The number of urea groups is 1. The molecule has 6 amide bonds. The summed E-state index contributed by atoms with van der Waals surface area (Å²) in [4.78, 5) is 76.4. The molecule has 0 heterocycles. The third kappa shape index (κ3) is 19.0. The van der Waals surface area contributed by atoms with Gasteiger partial charge in [-0.3, -0.25) is 19.2 Å². The molecule has 3 aromatic rings. The molecule has 308 valence electrons. The van der Waals surface area contributed by atoms with Gasteiger partial charge in [-0.2, -0.15) is 0 Å². The van der Waals surface area contributed by atoms with Crippen molar-refractivity contribution >= 4 is 58.2 Å². The molecule has 0 fully saturated rings. The van der Waals surface area contributed by atoms with Crippen LogP contribution in [0.15, 0.2) is 78.9 Å². The number of nitrogens with one attached hydrogen (secondary N) is 6. The molecule has 57 heavy (non-hydrogen) atoms. The fourth-order valence-electron chi connectivity index (χ4n) is 5.37. The van der Waals surface area contributed by atoms with Crippen molar-refractivity contribution in [3.8, 4) is 5.75 Å². The Morgan fingerprint density at radius 1 is 0.684 bits per heavy atom. The SMILES string of the molecule is CCCNC(=O)NCCCCCNC(=O)[C@H](Cc1ccccc1)NC(=O)COc1ccc(C[C@H](NC(=O)CNC(=O)c2cccc(I)c2)C(=O)OC(C)(C)C)cc1. The Hall–Kier alpha value is -5.19. The summed E-state index contributed by atoms with van der Waals surface area (Å²) in [7, 11) is 0. The summed E-state index contributed by atoms with van der Waals surface area (Å²) in [5.74, 6) is -2.03. The minimum Gasteiger partial charge on any atom is -0.484 e. The summed E-state index contributed by atoms with van der Waals surface area (Å²) >= 11 is 2.10. The summed E-state index contributed by atoms with van der Waals surface area (Å²) in [5, 5.41) is 16.5. The first-order valence-corrected chi connectivity index (χ1v) is 20.2. The zero-order valence-corrected chi connectivity index (χ0v) is 35.2. The average Bonchev–Trinajstić information content (AvgIpc) is 3.17. The summed E-state index contributed by atoms with van der Waals surface area (Å²) < 4.78 is 12.2. The molecule has 3 rings (SSSR count). The highest BCUT2D eigenvalue weighted by Gasteiger charge is 2.27. The molecular formula is C42H55IN6O8. The van der Waals surface area contributed by atoms with Gasteiger partial charge < -0.3 is 41.4 Å². The maximum absolute atomic E-state index is 13.2. The molecule has 0 saturated heterocycles. The largest absolute Gasteiger partial charge is 0.484 e. The highest BCUT2D eigenvalue weighted by Crippen LogP contribution is 2.16. The molecule has 2 atom stereocenters. The second-order valence-electron chi connectivity index (χ2n) is 14.3. The van der Waals surface area contributed by atoms with Gasteiger partial charge in [-0.15, -0.1) is 0 Å². The Morgan fingerprint density at radius 3 is 1.98 bits per heavy atom. The highest BCUT2D eigenvalue weighted by atomic mass is 127. The molecule has 0 spiro atoms. The summed E-state index contributed by atoms with van der Waals surface area (Å²) in [6.45, 7) is 8.07. The molecule has 15 heteroatoms. The first kappa shape index (κ1) is 46.2. The zero-order valence-electron chi connectivity index (χ0n) is 33.1. The van der Waals surface area contributed by atoms with Crippen molar-refractivity contribution in [2.24, 2.45) is 0 Å². The lowest BCUT2D eigenvalue weighted by atomic mass is 10.0. The van der Waals surface area contributed by atoms with Gasteiger partial charge >= 0.3 is 12.0 Å². The van der Waals surface area contributed by atoms with E-state index in [9.17, 15) is 28.8 Å². The van der Waals surface area contributed by atoms with E-state index in [4.69, 9.17) is 9.47 Å². The van der Waals surface area contributed by atoms with Gasteiger partial charge in [-0.25, -0.2) is 9.59 Å². The predicted molar refractivity (Wildman–Crippen MR) is 226 cm³/mol. The number of amides is 6. The second-order valence-corrected chi connectivity index (χ2v) is 15.6. The van der Waals surface area contributed by atoms with Gasteiger partial charge in [0.1, 0.15) is 23.4 Å². The Bertz CT molecular complexity index is 1770. The lowest BCUT2D eigenvalue weighted by Crippen LogP contribution is -2.49. The van der Waals surface area contributed by atoms with Crippen LogP contribution in [-0.2, 0) is 36.8 Å². The maximum Gasteiger partial charge on any atom is 0.329 e. The fourth-order valence-corrected chi connectivity index (χ4v) is 5.91. The van der Waals surface area contributed by atoms with E-state index < -0.39 is 41.4 Å². The van der Waals surface area contributed by atoms with Crippen LogP contribution in [0.4, 0.5) is 4.79 Å². The van der Waals surface area contributed by atoms with Crippen LogP contribution < -0.4 is 36.6 Å². The lowest BCUT2D eigenvalue weighted by molar-refractivity contribution is -0.158. The van der Waals surface area contributed by atoms with E-state index in [0.717, 1.165) is 28.4 Å². The maximum atomic E-state index is 13.2. The van der Waals surface area contributed by atoms with Gasteiger partial charge in [0.25, 0.3) is 11.8 Å². The highest BCUT2D eigenvalue weighted by molar-refractivity contribution is 14.1. The molecule has 0 aliphatic carbocycles. The van der Waals surface area contributed by atoms with E-state index in [1.54, 1.807) is 63.2 Å². The summed E-state index contributed by atoms with van der Waals surface area (Å²) in [6.07, 6.45) is 3.54. The minimum atomic E-state index is -1.04. The van der Waals surface area contributed by atoms with Crippen molar-refractivity contribution in [3.05, 3.63) is 99.1 Å². The number of halogens is 1. The van der Waals surface area contributed by atoms with Gasteiger partial charge in [-0.1, -0.05) is 55.5 Å². The molecule has 6 N–H and O–H groups in total. The first-order valence-electron chi connectivity index (χ1n) is 19.1. The monoisotopic (exact) mass is 898 g/mol. The number of unbranched alkanes of at least 4 members (excludes halogenated alkanes) is 2. The number of hydrogen-bond acceptors (Lipinski definition) is 8. The van der Waals surface area contributed by atoms with Crippen molar-refractivity contribution in [1.82, 2.24) is 31.9 Å². The van der Waals surface area contributed by atoms with E-state index in [0.29, 0.717) is 42.9 Å². The minimum absolute atomic E-state index is 0.0929. The third-order valence-electron chi connectivity index (χ3n) is 8.16. The number of esters is 1. The van der Waals surface area contributed by atoms with E-state index in [2.05, 4.69) is 54.5 Å². The quantitative estimate of drug-likeness (QED) is 0.0491. The molecule has 14 nitrogen and oxygen atoms in total. The molecule has 0 aliphatic rings. The predicted octanol–water partition coefficient (Wildman–Crippen LogP) is 4.19. The summed E-state index contributed by atoms with van der Waals surface area (Å²) in [5.41, 5.74) is 1.17. The number of ether oxygens (including phenoxy) is 2. The van der Waals surface area contributed by atoms with Crippen LogP contribution in [-0.4, -0.2) is 86.1 Å². The molecule has 0 saturated carbocycles. The van der Waals surface area contributed by atoms with Gasteiger partial charge in [0.05, 0.1) is 6.54 Å². The third-order valence-corrected chi connectivity index (χ3v) is 8.84. The Morgan fingerprint density at radius 2 is 1.32 bits per heavy atom. The molecule has 3 aromatic carbocycles. The second kappa shape index (κ2) is 24.4. The van der Waals surface area contributed by atoms with Gasteiger partial charge in [0, 0.05) is 41.6 Å². The molecular weight excluding hydrogens is 843 g/mol. The molecule has 0 unspecified atom stereocenters. The van der Waals surface area contributed by atoms with Crippen LogP contribution in [0.25, 0.3) is 0 Å². The standard InChI is InChI=1S/C42H55IN6O8/c1-5-21-45-41(55)46-23-11-7-10-22-44-39(53)34(24-29-13-8-6-9-14-29)48-37(51)28-56-33-19-17-30(18-20-33)25-35(40(54)57-42(2,3)4)49-36(50)27-47-38(52)31-15-12-16-32(43)26-31/h6,8-9,12-20,26,34-35H,5,7,10-11,21-25,27-28H2,1-4H3,(H,44,53)(H,47,52)(H,48,51)(H,49,50)(H2,45,46,55)/t34-,35-/m0/s1. The first-order chi connectivity index (χ1) is 27.2. The Balaban J connectivity index is 1.52. The summed E-state index contributed by atoms with van der Waals surface area (Å²) in [6, 6.07) is 21.0. The topological polar surface area (TPSA) is 193 Å².